The van der Waals surface area contributed by atoms with Crippen LogP contribution >= 0.6 is 24.0 Å². The summed E-state index contributed by atoms with van der Waals surface area (Å²) < 4.78 is 7.70. The van der Waals surface area contributed by atoms with Crippen LogP contribution in [-0.2, 0) is 17.9 Å². The first-order chi connectivity index (χ1) is 13.2. The highest BCUT2D eigenvalue weighted by Crippen LogP contribution is 2.18. The molecule has 7 nitrogen and oxygen atoms in total. The molecule has 1 aliphatic carbocycles. The Morgan fingerprint density at radius 2 is 2.00 bits per heavy atom. The number of rotatable bonds is 9. The van der Waals surface area contributed by atoms with Gasteiger partial charge in [-0.2, -0.15) is 0 Å². The molecule has 1 saturated carbocycles. The molecule has 28 heavy (non-hydrogen) atoms. The highest BCUT2D eigenvalue weighted by Gasteiger charge is 2.23. The third-order valence-corrected chi connectivity index (χ3v) is 4.22. The number of hydrogen-bond acceptors (Lipinski definition) is 3. The van der Waals surface area contributed by atoms with E-state index in [0.717, 1.165) is 37.5 Å². The minimum absolute atomic E-state index is 0. The summed E-state index contributed by atoms with van der Waals surface area (Å²) in [7, 11) is 1.75. The molecule has 1 aromatic carbocycles. The number of amides is 1. The summed E-state index contributed by atoms with van der Waals surface area (Å²) in [6, 6.07) is 12.1. The summed E-state index contributed by atoms with van der Waals surface area (Å²) in [5.41, 5.74) is 1.06. The van der Waals surface area contributed by atoms with Crippen molar-refractivity contribution in [3.8, 4) is 5.75 Å². The highest BCUT2D eigenvalue weighted by molar-refractivity contribution is 14.0. The number of nitrogens with zero attached hydrogens (tertiary/aromatic N) is 2. The maximum Gasteiger partial charge on any atom is 0.258 e. The second kappa shape index (κ2) is 11.6. The van der Waals surface area contributed by atoms with E-state index in [1.807, 2.05) is 48.8 Å². The molecule has 1 heterocycles. The number of ether oxygens (including phenoxy) is 1. The lowest BCUT2D eigenvalue weighted by Gasteiger charge is -2.13. The van der Waals surface area contributed by atoms with Gasteiger partial charge in [-0.25, -0.2) is 0 Å². The fourth-order valence-electron chi connectivity index (χ4n) is 2.62. The number of aromatic nitrogens is 1. The van der Waals surface area contributed by atoms with Gasteiger partial charge < -0.3 is 25.3 Å². The summed E-state index contributed by atoms with van der Waals surface area (Å²) in [6.45, 7) is 2.33. The zero-order valence-electron chi connectivity index (χ0n) is 16.1. The number of aliphatic imine (C=N–C) groups is 1. The van der Waals surface area contributed by atoms with Crippen LogP contribution in [-0.4, -0.2) is 42.7 Å². The average molecular weight is 497 g/mol. The van der Waals surface area contributed by atoms with Crippen LogP contribution in [0.15, 0.2) is 53.8 Å². The van der Waals surface area contributed by atoms with E-state index in [1.165, 1.54) is 0 Å². The van der Waals surface area contributed by atoms with Crippen LogP contribution < -0.4 is 20.7 Å². The first-order valence-corrected chi connectivity index (χ1v) is 9.29. The molecular formula is C20H28IN5O2. The third-order valence-electron chi connectivity index (χ3n) is 4.22. The fraction of sp³-hybridized carbons (Fsp3) is 0.400. The normalized spacial score (nSPS) is 13.4. The van der Waals surface area contributed by atoms with Gasteiger partial charge in [0.15, 0.2) is 12.6 Å². The van der Waals surface area contributed by atoms with Gasteiger partial charge in [-0.1, -0.05) is 12.1 Å². The summed E-state index contributed by atoms with van der Waals surface area (Å²) in [5, 5.41) is 9.49. The lowest BCUT2D eigenvalue weighted by atomic mass is 10.2. The van der Waals surface area contributed by atoms with Gasteiger partial charge in [0.05, 0.1) is 0 Å². The first kappa shape index (κ1) is 22.1. The molecule has 0 radical (unpaired) electrons. The van der Waals surface area contributed by atoms with E-state index in [-0.39, 0.29) is 36.5 Å². The average Bonchev–Trinajstić information content (AvgIpc) is 3.34. The zero-order valence-corrected chi connectivity index (χ0v) is 18.4. The Hall–Kier alpha value is -2.23. The second-order valence-corrected chi connectivity index (χ2v) is 6.55. The molecule has 1 aromatic heterocycles. The standard InChI is InChI=1S/C20H27N5O2.HI/c1-21-20(22-9-12-25-10-2-3-11-25)23-14-16-5-4-6-18(13-16)27-15-19(26)24-17-7-8-17;/h2-6,10-11,13,17H,7-9,12,14-15H2,1H3,(H,24,26)(H2,21,22,23);1H. The van der Waals surface area contributed by atoms with Crippen molar-refractivity contribution in [3.05, 3.63) is 54.4 Å². The maximum atomic E-state index is 11.7. The van der Waals surface area contributed by atoms with Crippen molar-refractivity contribution in [1.29, 1.82) is 0 Å². The van der Waals surface area contributed by atoms with E-state index in [9.17, 15) is 4.79 Å². The number of carbonyl (C=O) groups excluding carboxylic acids is 1. The van der Waals surface area contributed by atoms with E-state index in [2.05, 4.69) is 25.5 Å². The SMILES string of the molecule is CN=C(NCCn1cccc1)NCc1cccc(OCC(=O)NC2CC2)c1.I. The molecule has 2 aromatic rings. The van der Waals surface area contributed by atoms with Gasteiger partial charge in [-0.15, -0.1) is 24.0 Å². The lowest BCUT2D eigenvalue weighted by molar-refractivity contribution is -0.123. The van der Waals surface area contributed by atoms with Gasteiger partial charge >= 0.3 is 0 Å². The number of carbonyl (C=O) groups is 1. The molecule has 152 valence electrons. The van der Waals surface area contributed by atoms with Gasteiger partial charge in [0.1, 0.15) is 5.75 Å². The molecule has 3 rings (SSSR count). The van der Waals surface area contributed by atoms with Crippen molar-refractivity contribution in [2.45, 2.75) is 32.0 Å². The Kier molecular flexibility index (Phi) is 9.12. The summed E-state index contributed by atoms with van der Waals surface area (Å²) in [4.78, 5) is 16.0. The van der Waals surface area contributed by atoms with Crippen LogP contribution in [0.5, 0.6) is 5.75 Å². The monoisotopic (exact) mass is 497 g/mol. The van der Waals surface area contributed by atoms with Crippen LogP contribution in [0.25, 0.3) is 0 Å². The molecule has 0 aliphatic heterocycles. The van der Waals surface area contributed by atoms with Crippen LogP contribution in [0.3, 0.4) is 0 Å². The quantitative estimate of drug-likeness (QED) is 0.282. The Morgan fingerprint density at radius 3 is 2.71 bits per heavy atom. The Morgan fingerprint density at radius 1 is 1.21 bits per heavy atom. The summed E-state index contributed by atoms with van der Waals surface area (Å²) in [6.07, 6.45) is 6.23. The summed E-state index contributed by atoms with van der Waals surface area (Å²) >= 11 is 0. The Bertz CT molecular complexity index is 760. The van der Waals surface area contributed by atoms with Crippen molar-refractivity contribution >= 4 is 35.8 Å². The smallest absolute Gasteiger partial charge is 0.258 e. The number of nitrogens with one attached hydrogen (secondary N) is 3. The van der Waals surface area contributed by atoms with E-state index in [1.54, 1.807) is 7.05 Å². The van der Waals surface area contributed by atoms with E-state index >= 15 is 0 Å². The van der Waals surface area contributed by atoms with Gasteiger partial charge in [-0.3, -0.25) is 9.79 Å². The molecule has 1 amide bonds. The van der Waals surface area contributed by atoms with Crippen LogP contribution in [0.4, 0.5) is 0 Å². The van der Waals surface area contributed by atoms with E-state index < -0.39 is 0 Å². The van der Waals surface area contributed by atoms with Gasteiger partial charge in [0, 0.05) is 45.1 Å². The summed E-state index contributed by atoms with van der Waals surface area (Å²) in [5.74, 6) is 1.38. The van der Waals surface area contributed by atoms with E-state index in [4.69, 9.17) is 4.74 Å². The van der Waals surface area contributed by atoms with Crippen molar-refractivity contribution in [2.75, 3.05) is 20.2 Å². The Labute approximate surface area is 183 Å². The minimum atomic E-state index is -0.0617. The predicted octanol–water partition coefficient (Wildman–Crippen LogP) is 2.13. The molecular weight excluding hydrogens is 469 g/mol. The first-order valence-electron chi connectivity index (χ1n) is 9.29. The van der Waals surface area contributed by atoms with Crippen LogP contribution in [0.1, 0.15) is 18.4 Å². The molecule has 8 heteroatoms. The van der Waals surface area contributed by atoms with Crippen LogP contribution in [0, 0.1) is 0 Å². The fourth-order valence-corrected chi connectivity index (χ4v) is 2.62. The van der Waals surface area contributed by atoms with Gasteiger partial charge in [-0.05, 0) is 42.7 Å². The number of guanidine groups is 1. The number of halogens is 1. The predicted molar refractivity (Wildman–Crippen MR) is 121 cm³/mol. The highest BCUT2D eigenvalue weighted by atomic mass is 127. The third kappa shape index (κ3) is 7.79. The molecule has 3 N–H and O–H groups in total. The van der Waals surface area contributed by atoms with Crippen molar-refractivity contribution < 1.29 is 9.53 Å². The van der Waals surface area contributed by atoms with Crippen molar-refractivity contribution in [2.24, 2.45) is 4.99 Å². The zero-order chi connectivity index (χ0) is 18.9. The molecule has 1 aliphatic rings. The molecule has 1 fully saturated rings. The maximum absolute atomic E-state index is 11.7. The minimum Gasteiger partial charge on any atom is -0.484 e. The molecule has 0 spiro atoms. The topological polar surface area (TPSA) is 79.7 Å². The van der Waals surface area contributed by atoms with Crippen LogP contribution in [0.2, 0.25) is 0 Å². The molecule has 0 bridgehead atoms. The van der Waals surface area contributed by atoms with Gasteiger partial charge in [0.2, 0.25) is 0 Å². The number of hydrogen-bond donors (Lipinski definition) is 3. The Balaban J connectivity index is 0.00000280. The molecule has 0 atom stereocenters. The second-order valence-electron chi connectivity index (χ2n) is 6.55. The lowest BCUT2D eigenvalue weighted by Crippen LogP contribution is -2.38. The van der Waals surface area contributed by atoms with Crippen molar-refractivity contribution in [1.82, 2.24) is 20.5 Å². The van der Waals surface area contributed by atoms with Crippen molar-refractivity contribution in [3.63, 3.8) is 0 Å². The van der Waals surface area contributed by atoms with Gasteiger partial charge in [0.25, 0.3) is 5.91 Å². The molecule has 0 unspecified atom stereocenters. The van der Waals surface area contributed by atoms with E-state index in [0.29, 0.717) is 18.3 Å². The largest absolute Gasteiger partial charge is 0.484 e. The molecule has 0 saturated heterocycles. The number of benzene rings is 1.